The molecule has 1 unspecified atom stereocenters. The number of hydrogen-bond donors (Lipinski definition) is 3. The zero-order valence-corrected chi connectivity index (χ0v) is 17.8. The summed E-state index contributed by atoms with van der Waals surface area (Å²) in [6, 6.07) is 1.70. The van der Waals surface area contributed by atoms with Crippen LogP contribution in [0.25, 0.3) is 0 Å². The summed E-state index contributed by atoms with van der Waals surface area (Å²) in [4.78, 5) is 28.9. The van der Waals surface area contributed by atoms with Crippen molar-refractivity contribution in [2.45, 2.75) is 25.2 Å². The molecule has 3 N–H and O–H groups in total. The predicted octanol–water partition coefficient (Wildman–Crippen LogP) is 2.42. The molecular formula is C20H17ClF4N6O2. The molecule has 0 fully saturated rings. The number of imidazole rings is 1. The van der Waals surface area contributed by atoms with Gasteiger partial charge in [-0.15, -0.1) is 0 Å². The van der Waals surface area contributed by atoms with Crippen LogP contribution in [0.15, 0.2) is 29.2 Å². The van der Waals surface area contributed by atoms with Crippen molar-refractivity contribution in [1.29, 1.82) is 0 Å². The molecule has 1 aliphatic rings. The number of nitrogens with zero attached hydrogens (tertiary/aromatic N) is 3. The van der Waals surface area contributed by atoms with E-state index >= 15 is 0 Å². The summed E-state index contributed by atoms with van der Waals surface area (Å²) in [6.45, 7) is 0.480. The van der Waals surface area contributed by atoms with E-state index in [9.17, 15) is 27.2 Å². The molecule has 0 bridgehead atoms. The van der Waals surface area contributed by atoms with Crippen molar-refractivity contribution >= 4 is 17.5 Å². The monoisotopic (exact) mass is 484 g/mol. The van der Waals surface area contributed by atoms with Gasteiger partial charge in [-0.05, 0) is 17.7 Å². The van der Waals surface area contributed by atoms with Gasteiger partial charge in [-0.2, -0.15) is 18.3 Å². The third-order valence-corrected chi connectivity index (χ3v) is 5.76. The standard InChI is InChI=1S/C20H17ClF4N6O2/c1-26-19(33)17-13(4-9-2-3-10(22)5-12(9)20(23,24)25)31-14(7-27-8-15(31)29-17)11-6-28-30-18(32)16(11)21/h2-3,5-6,14,27H,4,7-8H2,1H3,(H,26,33)(H,30,32). The largest absolute Gasteiger partial charge is 0.416 e. The molecule has 1 amide bonds. The van der Waals surface area contributed by atoms with E-state index in [1.807, 2.05) is 0 Å². The fourth-order valence-electron chi connectivity index (χ4n) is 3.92. The van der Waals surface area contributed by atoms with Gasteiger partial charge in [0, 0.05) is 25.6 Å². The lowest BCUT2D eigenvalue weighted by molar-refractivity contribution is -0.138. The van der Waals surface area contributed by atoms with Crippen molar-refractivity contribution in [3.8, 4) is 0 Å². The first-order valence-corrected chi connectivity index (χ1v) is 10.1. The molecule has 3 aromatic rings. The van der Waals surface area contributed by atoms with Crippen LogP contribution in [0.5, 0.6) is 0 Å². The van der Waals surface area contributed by atoms with Crippen LogP contribution in [0.1, 0.15) is 44.7 Å². The minimum atomic E-state index is -4.81. The first-order valence-electron chi connectivity index (χ1n) is 9.73. The van der Waals surface area contributed by atoms with Gasteiger partial charge in [0.05, 0.1) is 30.0 Å². The minimum absolute atomic E-state index is 0.0763. The van der Waals surface area contributed by atoms with Crippen molar-refractivity contribution in [3.05, 3.63) is 79.5 Å². The first kappa shape index (κ1) is 22.9. The van der Waals surface area contributed by atoms with Crippen LogP contribution in [0.3, 0.4) is 0 Å². The maximum absolute atomic E-state index is 13.6. The number of amides is 1. The first-order chi connectivity index (χ1) is 15.6. The van der Waals surface area contributed by atoms with Crippen LogP contribution in [0.2, 0.25) is 5.02 Å². The Kier molecular flexibility index (Phi) is 5.97. The summed E-state index contributed by atoms with van der Waals surface area (Å²) in [7, 11) is 1.37. The Morgan fingerprint density at radius 2 is 2.12 bits per heavy atom. The number of alkyl halides is 3. The summed E-state index contributed by atoms with van der Waals surface area (Å²) in [5.74, 6) is -1.26. The normalized spacial score (nSPS) is 15.9. The molecule has 2 aromatic heterocycles. The number of H-pyrrole nitrogens is 1. The molecular weight excluding hydrogens is 468 g/mol. The Bertz CT molecular complexity index is 1290. The molecule has 1 aliphatic heterocycles. The summed E-state index contributed by atoms with van der Waals surface area (Å²) in [6.07, 6.45) is -3.83. The second kappa shape index (κ2) is 8.60. The number of aromatic nitrogens is 4. The Balaban J connectivity index is 1.93. The zero-order chi connectivity index (χ0) is 23.9. The fourth-order valence-corrected chi connectivity index (χ4v) is 4.13. The number of hydrogen-bond acceptors (Lipinski definition) is 5. The van der Waals surface area contributed by atoms with Gasteiger partial charge in [0.2, 0.25) is 0 Å². The van der Waals surface area contributed by atoms with Gasteiger partial charge >= 0.3 is 6.18 Å². The number of carbonyl (C=O) groups is 1. The molecule has 0 saturated carbocycles. The Morgan fingerprint density at radius 1 is 1.36 bits per heavy atom. The predicted molar refractivity (Wildman–Crippen MR) is 110 cm³/mol. The number of carbonyl (C=O) groups excluding carboxylic acids is 1. The summed E-state index contributed by atoms with van der Waals surface area (Å²) in [5, 5.41) is 11.4. The molecule has 1 aromatic carbocycles. The lowest BCUT2D eigenvalue weighted by Gasteiger charge is -2.29. The van der Waals surface area contributed by atoms with Crippen LogP contribution >= 0.6 is 11.6 Å². The highest BCUT2D eigenvalue weighted by Gasteiger charge is 2.36. The molecule has 8 nitrogen and oxygen atoms in total. The van der Waals surface area contributed by atoms with Gasteiger partial charge in [-0.3, -0.25) is 9.59 Å². The number of benzene rings is 1. The maximum Gasteiger partial charge on any atom is 0.416 e. The van der Waals surface area contributed by atoms with E-state index in [1.54, 1.807) is 4.57 Å². The molecule has 0 radical (unpaired) electrons. The van der Waals surface area contributed by atoms with E-state index in [0.29, 0.717) is 17.5 Å². The van der Waals surface area contributed by atoms with Gasteiger partial charge in [-0.1, -0.05) is 17.7 Å². The molecule has 174 valence electrons. The van der Waals surface area contributed by atoms with E-state index in [1.165, 1.54) is 13.2 Å². The number of rotatable bonds is 4. The van der Waals surface area contributed by atoms with Crippen LogP contribution < -0.4 is 16.2 Å². The second-order valence-electron chi connectivity index (χ2n) is 7.36. The zero-order valence-electron chi connectivity index (χ0n) is 17.1. The summed E-state index contributed by atoms with van der Waals surface area (Å²) < 4.78 is 56.1. The van der Waals surface area contributed by atoms with Crippen molar-refractivity contribution < 1.29 is 22.4 Å². The Labute approximate surface area is 189 Å². The smallest absolute Gasteiger partial charge is 0.354 e. The third kappa shape index (κ3) is 4.23. The van der Waals surface area contributed by atoms with Crippen LogP contribution in [0, 0.1) is 5.82 Å². The van der Waals surface area contributed by atoms with E-state index in [0.717, 1.165) is 12.1 Å². The molecule has 0 spiro atoms. The number of aromatic amines is 1. The van der Waals surface area contributed by atoms with Crippen molar-refractivity contribution in [2.24, 2.45) is 0 Å². The van der Waals surface area contributed by atoms with Crippen molar-refractivity contribution in [3.63, 3.8) is 0 Å². The molecule has 33 heavy (non-hydrogen) atoms. The van der Waals surface area contributed by atoms with Crippen molar-refractivity contribution in [1.82, 2.24) is 30.4 Å². The summed E-state index contributed by atoms with van der Waals surface area (Å²) in [5.41, 5.74) is -1.61. The Morgan fingerprint density at radius 3 is 2.82 bits per heavy atom. The van der Waals surface area contributed by atoms with E-state index < -0.39 is 35.1 Å². The average molecular weight is 485 g/mol. The second-order valence-corrected chi connectivity index (χ2v) is 7.74. The SMILES string of the molecule is CNC(=O)c1nc2n(c1Cc1ccc(F)cc1C(F)(F)F)C(c1cn[nH]c(=O)c1Cl)CNC2. The lowest BCUT2D eigenvalue weighted by Crippen LogP contribution is -2.36. The van der Waals surface area contributed by atoms with Gasteiger partial charge in [-0.25, -0.2) is 14.5 Å². The minimum Gasteiger partial charge on any atom is -0.354 e. The average Bonchev–Trinajstić information content (AvgIpc) is 3.14. The topological polar surface area (TPSA) is 105 Å². The Hall–Kier alpha value is -3.25. The molecule has 13 heteroatoms. The highest BCUT2D eigenvalue weighted by molar-refractivity contribution is 6.31. The third-order valence-electron chi connectivity index (χ3n) is 5.37. The van der Waals surface area contributed by atoms with Crippen LogP contribution in [0.4, 0.5) is 17.6 Å². The number of nitrogens with one attached hydrogen (secondary N) is 3. The molecule has 4 rings (SSSR count). The van der Waals surface area contributed by atoms with Crippen LogP contribution in [-0.2, 0) is 19.1 Å². The number of halogens is 5. The van der Waals surface area contributed by atoms with E-state index in [-0.39, 0.29) is 41.5 Å². The highest BCUT2D eigenvalue weighted by Crippen LogP contribution is 2.36. The van der Waals surface area contributed by atoms with Crippen molar-refractivity contribution in [2.75, 3.05) is 13.6 Å². The summed E-state index contributed by atoms with van der Waals surface area (Å²) >= 11 is 6.19. The quantitative estimate of drug-likeness (QED) is 0.493. The van der Waals surface area contributed by atoms with Gasteiger partial charge < -0.3 is 15.2 Å². The molecule has 0 saturated heterocycles. The molecule has 0 aliphatic carbocycles. The van der Waals surface area contributed by atoms with Gasteiger partial charge in [0.15, 0.2) is 0 Å². The van der Waals surface area contributed by atoms with Gasteiger partial charge in [0.25, 0.3) is 11.5 Å². The fraction of sp³-hybridized carbons (Fsp3) is 0.300. The maximum atomic E-state index is 13.6. The highest BCUT2D eigenvalue weighted by atomic mass is 35.5. The molecule has 1 atom stereocenters. The van der Waals surface area contributed by atoms with E-state index in [2.05, 4.69) is 25.8 Å². The van der Waals surface area contributed by atoms with Gasteiger partial charge in [0.1, 0.15) is 22.4 Å². The van der Waals surface area contributed by atoms with E-state index in [4.69, 9.17) is 11.6 Å². The molecule has 3 heterocycles. The number of fused-ring (bicyclic) bond motifs is 1. The lowest BCUT2D eigenvalue weighted by atomic mass is 9.99. The van der Waals surface area contributed by atoms with Crippen LogP contribution in [-0.4, -0.2) is 39.2 Å².